The molecule has 0 aliphatic heterocycles. The average molecular weight is 278 g/mol. The van der Waals surface area contributed by atoms with E-state index in [4.69, 9.17) is 4.74 Å². The van der Waals surface area contributed by atoms with Crippen LogP contribution >= 0.6 is 11.3 Å². The molecule has 0 aliphatic carbocycles. The summed E-state index contributed by atoms with van der Waals surface area (Å²) in [5.41, 5.74) is 1.09. The smallest absolute Gasteiger partial charge is 0.244 e. The molecule has 0 bridgehead atoms. The van der Waals surface area contributed by atoms with Crippen molar-refractivity contribution in [2.75, 3.05) is 0 Å². The molecule has 1 N–H and O–H groups in total. The molecule has 1 aromatic carbocycles. The predicted molar refractivity (Wildman–Crippen MR) is 70.2 cm³/mol. The lowest BCUT2D eigenvalue weighted by Gasteiger charge is -2.05. The Hall–Kier alpha value is -1.92. The fraction of sp³-hybridized carbons (Fsp3) is 0.154. The maximum absolute atomic E-state index is 13.2. The van der Waals surface area contributed by atoms with Crippen LogP contribution in [0, 0.1) is 12.7 Å². The Labute approximate surface area is 112 Å². The van der Waals surface area contributed by atoms with Crippen LogP contribution in [-0.4, -0.2) is 14.5 Å². The second kappa shape index (κ2) is 4.64. The van der Waals surface area contributed by atoms with Crippen LogP contribution in [-0.2, 0) is 6.61 Å². The van der Waals surface area contributed by atoms with Gasteiger partial charge < -0.3 is 9.84 Å². The van der Waals surface area contributed by atoms with Gasteiger partial charge in [0.15, 0.2) is 4.96 Å². The molecule has 0 amide bonds. The van der Waals surface area contributed by atoms with Crippen LogP contribution in [0.15, 0.2) is 29.8 Å². The molecule has 0 spiro atoms. The number of hydrogen-bond acceptors (Lipinski definition) is 4. The topological polar surface area (TPSA) is 46.8 Å². The zero-order valence-corrected chi connectivity index (χ0v) is 10.9. The van der Waals surface area contributed by atoms with Crippen molar-refractivity contribution >= 4 is 16.3 Å². The van der Waals surface area contributed by atoms with Crippen molar-refractivity contribution in [3.63, 3.8) is 0 Å². The van der Waals surface area contributed by atoms with Gasteiger partial charge in [0.05, 0.1) is 6.61 Å². The molecule has 0 saturated carbocycles. The van der Waals surface area contributed by atoms with E-state index in [1.54, 1.807) is 17.4 Å². The van der Waals surface area contributed by atoms with E-state index in [0.717, 1.165) is 4.96 Å². The van der Waals surface area contributed by atoms with Gasteiger partial charge in [0.1, 0.15) is 17.3 Å². The number of benzene rings is 1. The summed E-state index contributed by atoms with van der Waals surface area (Å²) >= 11 is 1.45. The number of aliphatic hydroxyl groups is 1. The zero-order valence-electron chi connectivity index (χ0n) is 10.1. The summed E-state index contributed by atoms with van der Waals surface area (Å²) < 4.78 is 20.6. The lowest BCUT2D eigenvalue weighted by atomic mass is 10.2. The first-order valence-corrected chi connectivity index (χ1v) is 6.56. The van der Waals surface area contributed by atoms with Crippen molar-refractivity contribution in [1.82, 2.24) is 9.38 Å². The summed E-state index contributed by atoms with van der Waals surface area (Å²) in [4.78, 5) is 5.04. The summed E-state index contributed by atoms with van der Waals surface area (Å²) in [6.07, 6.45) is 1.82. The van der Waals surface area contributed by atoms with Gasteiger partial charge in [0.2, 0.25) is 5.88 Å². The number of thiazole rings is 1. The van der Waals surface area contributed by atoms with E-state index >= 15 is 0 Å². The van der Waals surface area contributed by atoms with Crippen molar-refractivity contribution in [3.8, 4) is 11.6 Å². The first kappa shape index (κ1) is 12.1. The third-order valence-corrected chi connectivity index (χ3v) is 3.57. The van der Waals surface area contributed by atoms with Crippen molar-refractivity contribution in [3.05, 3.63) is 46.9 Å². The molecular weight excluding hydrogens is 267 g/mol. The zero-order chi connectivity index (χ0) is 13.4. The lowest BCUT2D eigenvalue weighted by Crippen LogP contribution is -1.94. The number of aryl methyl sites for hydroxylation is 1. The van der Waals surface area contributed by atoms with E-state index in [0.29, 0.717) is 22.9 Å². The lowest BCUT2D eigenvalue weighted by molar-refractivity contribution is 0.270. The second-order valence-electron chi connectivity index (χ2n) is 4.09. The maximum atomic E-state index is 13.2. The van der Waals surface area contributed by atoms with Crippen molar-refractivity contribution in [1.29, 1.82) is 0 Å². The highest BCUT2D eigenvalue weighted by Crippen LogP contribution is 2.28. The Bertz CT molecular complexity index is 735. The summed E-state index contributed by atoms with van der Waals surface area (Å²) in [7, 11) is 0. The van der Waals surface area contributed by atoms with E-state index in [9.17, 15) is 9.50 Å². The highest BCUT2D eigenvalue weighted by atomic mass is 32.1. The van der Waals surface area contributed by atoms with Crippen LogP contribution < -0.4 is 4.74 Å². The highest BCUT2D eigenvalue weighted by molar-refractivity contribution is 7.15. The minimum Gasteiger partial charge on any atom is -0.437 e. The Morgan fingerprint density at radius 1 is 1.47 bits per heavy atom. The predicted octanol–water partition coefficient (Wildman–Crippen LogP) is 3.13. The van der Waals surface area contributed by atoms with Crippen molar-refractivity contribution < 1.29 is 14.2 Å². The molecule has 0 aliphatic rings. The SMILES string of the molecule is Cc1cc(Oc2nc3sccn3c2CO)ccc1F. The van der Waals surface area contributed by atoms with Crippen molar-refractivity contribution in [2.24, 2.45) is 0 Å². The van der Waals surface area contributed by atoms with Crippen LogP contribution in [0.4, 0.5) is 4.39 Å². The number of fused-ring (bicyclic) bond motifs is 1. The molecule has 0 saturated heterocycles. The molecule has 19 heavy (non-hydrogen) atoms. The second-order valence-corrected chi connectivity index (χ2v) is 4.96. The molecule has 2 heterocycles. The van der Waals surface area contributed by atoms with Gasteiger partial charge >= 0.3 is 0 Å². The molecule has 4 nitrogen and oxygen atoms in total. The van der Waals surface area contributed by atoms with Gasteiger partial charge in [-0.1, -0.05) is 0 Å². The first-order valence-electron chi connectivity index (χ1n) is 5.68. The molecule has 0 unspecified atom stereocenters. The van der Waals surface area contributed by atoms with E-state index in [2.05, 4.69) is 4.98 Å². The number of hydrogen-bond donors (Lipinski definition) is 1. The molecular formula is C13H11FN2O2S. The van der Waals surface area contributed by atoms with E-state index in [1.165, 1.54) is 23.5 Å². The minimum atomic E-state index is -0.277. The normalized spacial score (nSPS) is 11.1. The Balaban J connectivity index is 2.00. The van der Waals surface area contributed by atoms with Crippen LogP contribution in [0.1, 0.15) is 11.3 Å². The fourth-order valence-corrected chi connectivity index (χ4v) is 2.56. The largest absolute Gasteiger partial charge is 0.437 e. The number of aliphatic hydroxyl groups excluding tert-OH is 1. The Morgan fingerprint density at radius 2 is 2.32 bits per heavy atom. The fourth-order valence-electron chi connectivity index (χ4n) is 1.83. The average Bonchev–Trinajstić information content (AvgIpc) is 2.94. The molecule has 0 radical (unpaired) electrons. The van der Waals surface area contributed by atoms with Gasteiger partial charge in [-0.3, -0.25) is 4.40 Å². The highest BCUT2D eigenvalue weighted by Gasteiger charge is 2.14. The van der Waals surface area contributed by atoms with Gasteiger partial charge in [0, 0.05) is 11.6 Å². The number of rotatable bonds is 3. The van der Waals surface area contributed by atoms with Gasteiger partial charge in [-0.2, -0.15) is 4.98 Å². The summed E-state index contributed by atoms with van der Waals surface area (Å²) in [6.45, 7) is 1.49. The van der Waals surface area contributed by atoms with Crippen LogP contribution in [0.5, 0.6) is 11.6 Å². The minimum absolute atomic E-state index is 0.173. The summed E-state index contributed by atoms with van der Waals surface area (Å²) in [5, 5.41) is 11.3. The van der Waals surface area contributed by atoms with Gasteiger partial charge in [0.25, 0.3) is 0 Å². The van der Waals surface area contributed by atoms with Gasteiger partial charge in [-0.15, -0.1) is 11.3 Å². The van der Waals surface area contributed by atoms with Crippen LogP contribution in [0.25, 0.3) is 4.96 Å². The number of imidazole rings is 1. The van der Waals surface area contributed by atoms with E-state index < -0.39 is 0 Å². The first-order chi connectivity index (χ1) is 9.19. The number of nitrogens with zero attached hydrogens (tertiary/aromatic N) is 2. The number of aromatic nitrogens is 2. The molecule has 0 fully saturated rings. The quantitative estimate of drug-likeness (QED) is 0.800. The van der Waals surface area contributed by atoms with E-state index in [1.807, 2.05) is 11.6 Å². The standard InChI is InChI=1S/C13H11FN2O2S/c1-8-6-9(2-3-10(8)14)18-12-11(7-17)16-4-5-19-13(16)15-12/h2-6,17H,7H2,1H3. The van der Waals surface area contributed by atoms with Crippen molar-refractivity contribution in [2.45, 2.75) is 13.5 Å². The third-order valence-electron chi connectivity index (χ3n) is 2.82. The Kier molecular flexibility index (Phi) is 2.96. The molecule has 3 rings (SSSR count). The molecule has 0 atom stereocenters. The molecule has 3 aromatic rings. The maximum Gasteiger partial charge on any atom is 0.244 e. The summed E-state index contributed by atoms with van der Waals surface area (Å²) in [6, 6.07) is 4.49. The third kappa shape index (κ3) is 2.09. The van der Waals surface area contributed by atoms with Gasteiger partial charge in [-0.25, -0.2) is 4.39 Å². The van der Waals surface area contributed by atoms with Gasteiger partial charge in [-0.05, 0) is 30.7 Å². The van der Waals surface area contributed by atoms with E-state index in [-0.39, 0.29) is 12.4 Å². The summed E-state index contributed by atoms with van der Waals surface area (Å²) in [5.74, 6) is 0.570. The van der Waals surface area contributed by atoms with Crippen LogP contribution in [0.3, 0.4) is 0 Å². The molecule has 98 valence electrons. The Morgan fingerprint density at radius 3 is 3.05 bits per heavy atom. The molecule has 2 aromatic heterocycles. The molecule has 6 heteroatoms. The number of halogens is 1. The monoisotopic (exact) mass is 278 g/mol. The van der Waals surface area contributed by atoms with Crippen LogP contribution in [0.2, 0.25) is 0 Å². The number of ether oxygens (including phenoxy) is 1.